The van der Waals surface area contributed by atoms with E-state index >= 15 is 0 Å². The van der Waals surface area contributed by atoms with Gasteiger partial charge in [0.25, 0.3) is 0 Å². The summed E-state index contributed by atoms with van der Waals surface area (Å²) in [4.78, 5) is 19.9. The molecule has 0 radical (unpaired) electrons. The van der Waals surface area contributed by atoms with Gasteiger partial charge in [0, 0.05) is 0 Å². The zero-order valence-electron chi connectivity index (χ0n) is 12.4. The second kappa shape index (κ2) is 6.15. The van der Waals surface area contributed by atoms with Crippen molar-refractivity contribution < 1.29 is 14.4 Å². The number of benzene rings is 2. The van der Waals surface area contributed by atoms with Crippen molar-refractivity contribution in [3.63, 3.8) is 0 Å². The van der Waals surface area contributed by atoms with E-state index in [0.717, 1.165) is 16.7 Å². The highest BCUT2D eigenvalue weighted by molar-refractivity contribution is 7.53. The molecule has 4 heteroatoms. The summed E-state index contributed by atoms with van der Waals surface area (Å²) >= 11 is 0. The zero-order chi connectivity index (χ0) is 15.5. The van der Waals surface area contributed by atoms with Crippen LogP contribution in [0.3, 0.4) is 0 Å². The molecule has 0 saturated carbocycles. The van der Waals surface area contributed by atoms with Crippen molar-refractivity contribution in [2.45, 2.75) is 31.8 Å². The Kier molecular flexibility index (Phi) is 4.67. The molecule has 0 aliphatic carbocycles. The van der Waals surface area contributed by atoms with Crippen LogP contribution in [-0.2, 0) is 9.72 Å². The fourth-order valence-electron chi connectivity index (χ4n) is 2.96. The molecule has 0 aromatic heterocycles. The van der Waals surface area contributed by atoms with Crippen LogP contribution in [0.15, 0.2) is 54.6 Å². The van der Waals surface area contributed by atoms with Gasteiger partial charge in [-0.3, -0.25) is 4.57 Å². The summed E-state index contributed by atoms with van der Waals surface area (Å²) in [5.74, 6) is 0. The van der Waals surface area contributed by atoms with Crippen molar-refractivity contribution in [3.05, 3.63) is 60.2 Å². The van der Waals surface area contributed by atoms with E-state index in [1.54, 1.807) is 0 Å². The van der Waals surface area contributed by atoms with Crippen LogP contribution in [0.5, 0.6) is 0 Å². The highest BCUT2D eigenvalue weighted by atomic mass is 31.2. The molecule has 0 aliphatic rings. The van der Waals surface area contributed by atoms with Gasteiger partial charge in [0.1, 0.15) is 0 Å². The lowest BCUT2D eigenvalue weighted by Crippen LogP contribution is -2.25. The van der Waals surface area contributed by atoms with Gasteiger partial charge in [-0.15, -0.1) is 0 Å². The Morgan fingerprint density at radius 1 is 0.905 bits per heavy atom. The molecule has 0 unspecified atom stereocenters. The average Bonchev–Trinajstić information content (AvgIpc) is 2.49. The van der Waals surface area contributed by atoms with Crippen LogP contribution >= 0.6 is 7.60 Å². The van der Waals surface area contributed by atoms with Gasteiger partial charge in [0.15, 0.2) is 0 Å². The van der Waals surface area contributed by atoms with Crippen LogP contribution in [0, 0.1) is 0 Å². The summed E-state index contributed by atoms with van der Waals surface area (Å²) in [5, 5.41) is -1.13. The van der Waals surface area contributed by atoms with Gasteiger partial charge in [-0.2, -0.15) is 0 Å². The second-order valence-corrected chi connectivity index (χ2v) is 7.14. The van der Waals surface area contributed by atoms with Gasteiger partial charge in [-0.1, -0.05) is 68.4 Å². The topological polar surface area (TPSA) is 57.5 Å². The van der Waals surface area contributed by atoms with E-state index in [2.05, 4.69) is 0 Å². The van der Waals surface area contributed by atoms with Gasteiger partial charge in [0.05, 0.1) is 5.16 Å². The van der Waals surface area contributed by atoms with E-state index < -0.39 is 12.8 Å². The smallest absolute Gasteiger partial charge is 0.324 e. The summed E-state index contributed by atoms with van der Waals surface area (Å²) in [7, 11) is -4.28. The Bertz CT molecular complexity index is 642. The van der Waals surface area contributed by atoms with Crippen LogP contribution in [0.25, 0.3) is 11.1 Å². The lowest BCUT2D eigenvalue weighted by atomic mass is 9.86. The number of rotatable bonds is 5. The van der Waals surface area contributed by atoms with Crippen molar-refractivity contribution in [2.75, 3.05) is 0 Å². The Hall–Kier alpha value is -1.41. The normalized spacial score (nSPS) is 12.4. The number of hydrogen-bond donors (Lipinski definition) is 2. The summed E-state index contributed by atoms with van der Waals surface area (Å²) in [6.07, 6.45) is 0.801. The molecule has 0 bridgehead atoms. The molecular weight excluding hydrogens is 283 g/mol. The Morgan fingerprint density at radius 3 is 1.95 bits per heavy atom. The first kappa shape index (κ1) is 16.0. The van der Waals surface area contributed by atoms with Crippen molar-refractivity contribution in [1.82, 2.24) is 0 Å². The SMILES string of the molecule is CCC(CC)(c1ccccc1-c1ccccc1)P(=O)(O)O. The molecule has 0 aliphatic heterocycles. The number of hydrogen-bond acceptors (Lipinski definition) is 1. The Labute approximate surface area is 125 Å². The molecule has 0 atom stereocenters. The summed E-state index contributed by atoms with van der Waals surface area (Å²) in [5.41, 5.74) is 2.60. The predicted octanol–water partition coefficient (Wildman–Crippen LogP) is 4.55. The second-order valence-electron chi connectivity index (χ2n) is 5.19. The fraction of sp³-hybridized carbons (Fsp3) is 0.294. The molecule has 112 valence electrons. The quantitative estimate of drug-likeness (QED) is 0.797. The van der Waals surface area contributed by atoms with E-state index in [4.69, 9.17) is 0 Å². The van der Waals surface area contributed by atoms with Gasteiger partial charge >= 0.3 is 7.60 Å². The van der Waals surface area contributed by atoms with Crippen LogP contribution in [-0.4, -0.2) is 9.79 Å². The minimum Gasteiger partial charge on any atom is -0.324 e. The van der Waals surface area contributed by atoms with E-state index in [0.29, 0.717) is 12.8 Å². The van der Waals surface area contributed by atoms with Crippen LogP contribution in [0.4, 0.5) is 0 Å². The third kappa shape index (κ3) is 2.82. The average molecular weight is 304 g/mol. The van der Waals surface area contributed by atoms with Gasteiger partial charge in [0.2, 0.25) is 0 Å². The molecule has 0 fully saturated rings. The van der Waals surface area contributed by atoms with Crippen LogP contribution in [0.1, 0.15) is 32.3 Å². The molecule has 0 spiro atoms. The molecule has 21 heavy (non-hydrogen) atoms. The molecule has 0 saturated heterocycles. The maximum Gasteiger partial charge on any atom is 0.335 e. The first-order valence-electron chi connectivity index (χ1n) is 7.17. The van der Waals surface area contributed by atoms with Gasteiger partial charge in [-0.25, -0.2) is 0 Å². The van der Waals surface area contributed by atoms with Crippen molar-refractivity contribution >= 4 is 7.60 Å². The highest BCUT2D eigenvalue weighted by Gasteiger charge is 2.46. The standard InChI is InChI=1S/C17H21O3P/c1-3-17(4-2,21(18,19)20)16-13-9-8-12-15(16)14-10-6-5-7-11-14/h5-13H,3-4H2,1-2H3,(H2,18,19,20). The highest BCUT2D eigenvalue weighted by Crippen LogP contribution is 2.62. The van der Waals surface area contributed by atoms with E-state index in [-0.39, 0.29) is 0 Å². The fourth-order valence-corrected chi connectivity index (χ4v) is 4.29. The van der Waals surface area contributed by atoms with E-state index in [1.165, 1.54) is 0 Å². The minimum absolute atomic E-state index is 0.400. The first-order chi connectivity index (χ1) is 9.96. The molecule has 2 aromatic carbocycles. The van der Waals surface area contributed by atoms with Gasteiger partial charge in [-0.05, 0) is 29.5 Å². The molecule has 0 amide bonds. The van der Waals surface area contributed by atoms with Crippen LogP contribution in [0.2, 0.25) is 0 Å². The molecule has 3 nitrogen and oxygen atoms in total. The van der Waals surface area contributed by atoms with Crippen LogP contribution < -0.4 is 0 Å². The Balaban J connectivity index is 2.72. The predicted molar refractivity (Wildman–Crippen MR) is 86.2 cm³/mol. The molecule has 2 N–H and O–H groups in total. The molecule has 2 aromatic rings. The maximum absolute atomic E-state index is 12.2. The lowest BCUT2D eigenvalue weighted by Gasteiger charge is -2.34. The van der Waals surface area contributed by atoms with Crippen molar-refractivity contribution in [3.8, 4) is 11.1 Å². The summed E-state index contributed by atoms with van der Waals surface area (Å²) in [6.45, 7) is 3.68. The zero-order valence-corrected chi connectivity index (χ0v) is 13.3. The maximum atomic E-state index is 12.2. The molecule has 2 rings (SSSR count). The van der Waals surface area contributed by atoms with Crippen molar-refractivity contribution in [1.29, 1.82) is 0 Å². The summed E-state index contributed by atoms with van der Waals surface area (Å²) in [6, 6.07) is 17.3. The monoisotopic (exact) mass is 304 g/mol. The Morgan fingerprint density at radius 2 is 1.43 bits per heavy atom. The van der Waals surface area contributed by atoms with E-state index in [9.17, 15) is 14.4 Å². The third-order valence-electron chi connectivity index (χ3n) is 4.24. The minimum atomic E-state index is -4.28. The van der Waals surface area contributed by atoms with Crippen molar-refractivity contribution in [2.24, 2.45) is 0 Å². The molecule has 0 heterocycles. The third-order valence-corrected chi connectivity index (χ3v) is 6.23. The first-order valence-corrected chi connectivity index (χ1v) is 8.78. The van der Waals surface area contributed by atoms with Gasteiger partial charge < -0.3 is 9.79 Å². The van der Waals surface area contributed by atoms with E-state index in [1.807, 2.05) is 68.4 Å². The summed E-state index contributed by atoms with van der Waals surface area (Å²) < 4.78 is 12.2. The largest absolute Gasteiger partial charge is 0.335 e. The lowest BCUT2D eigenvalue weighted by molar-refractivity contribution is 0.315. The molecular formula is C17H21O3P.